The predicted molar refractivity (Wildman–Crippen MR) is 175 cm³/mol. The summed E-state index contributed by atoms with van der Waals surface area (Å²) in [5, 5.41) is 0.717. The molecule has 2 aromatic heterocycles. The average Bonchev–Trinajstić information content (AvgIpc) is 3.81. The molecule has 1 aromatic carbocycles. The molecule has 4 aliphatic rings. The van der Waals surface area contributed by atoms with Crippen molar-refractivity contribution >= 4 is 39.5 Å². The smallest absolute Gasteiger partial charge is 0.410 e. The van der Waals surface area contributed by atoms with Crippen molar-refractivity contribution < 1.29 is 14.3 Å². The topological polar surface area (TPSA) is 83.8 Å². The van der Waals surface area contributed by atoms with Crippen molar-refractivity contribution in [3.8, 4) is 0 Å². The van der Waals surface area contributed by atoms with Crippen molar-refractivity contribution in [3.05, 3.63) is 80.6 Å². The molecule has 0 radical (unpaired) electrons. The van der Waals surface area contributed by atoms with E-state index in [0.717, 1.165) is 71.5 Å². The van der Waals surface area contributed by atoms with Gasteiger partial charge in [0.25, 0.3) is 0 Å². The van der Waals surface area contributed by atoms with Crippen LogP contribution in [0.4, 0.5) is 4.79 Å². The van der Waals surface area contributed by atoms with Gasteiger partial charge in [0.1, 0.15) is 6.04 Å². The first-order valence-electron chi connectivity index (χ1n) is 16.2. The number of imidazole rings is 1. The third-order valence-corrected chi connectivity index (χ3v) is 10.5. The van der Waals surface area contributed by atoms with Crippen molar-refractivity contribution in [2.75, 3.05) is 39.3 Å². The van der Waals surface area contributed by atoms with Gasteiger partial charge >= 0.3 is 6.09 Å². The molecular weight excluding hydrogens is 656 g/mol. The maximum atomic E-state index is 14.5. The Morgan fingerprint density at radius 2 is 1.87 bits per heavy atom. The summed E-state index contributed by atoms with van der Waals surface area (Å²) in [5.74, 6) is 0.790. The number of carbonyl (C=O) groups is 2. The van der Waals surface area contributed by atoms with E-state index in [1.54, 1.807) is 4.90 Å². The third kappa shape index (κ3) is 6.79. The van der Waals surface area contributed by atoms with Crippen molar-refractivity contribution in [2.24, 2.45) is 11.8 Å². The Labute approximate surface area is 278 Å². The number of pyridine rings is 1. The number of piperazine rings is 1. The van der Waals surface area contributed by atoms with E-state index in [4.69, 9.17) is 21.3 Å². The number of benzene rings is 1. The fraction of sp³-hybridized carbons (Fsp3) is 0.529. The number of aromatic nitrogens is 3. The highest BCUT2D eigenvalue weighted by Crippen LogP contribution is 2.39. The number of hydrogen-bond donors (Lipinski definition) is 0. The van der Waals surface area contributed by atoms with Crippen molar-refractivity contribution in [2.45, 2.75) is 64.1 Å². The van der Waals surface area contributed by atoms with E-state index in [1.807, 2.05) is 30.4 Å². The van der Waals surface area contributed by atoms with Gasteiger partial charge in [-0.15, -0.1) is 0 Å². The summed E-state index contributed by atoms with van der Waals surface area (Å²) in [7, 11) is 0. The number of likely N-dealkylation sites (tertiary alicyclic amines) is 1. The van der Waals surface area contributed by atoms with Crippen molar-refractivity contribution in [3.63, 3.8) is 0 Å². The molecule has 11 heteroatoms. The Hall–Kier alpha value is -2.95. The molecular formula is C34H40BrClN6O3. The highest BCUT2D eigenvalue weighted by Gasteiger charge is 2.43. The lowest BCUT2D eigenvalue weighted by Gasteiger charge is -2.45. The number of hydrogen-bond acceptors (Lipinski definition) is 6. The number of piperidine rings is 1. The van der Waals surface area contributed by atoms with Crippen LogP contribution in [0.15, 0.2) is 47.5 Å². The summed E-state index contributed by atoms with van der Waals surface area (Å²) in [5.41, 5.74) is 5.54. The van der Waals surface area contributed by atoms with Crippen LogP contribution in [0.1, 0.15) is 59.8 Å². The number of ether oxygens (including phenoxy) is 1. The number of nitrogens with zero attached hydrogens (tertiary/aromatic N) is 6. The van der Waals surface area contributed by atoms with Crippen LogP contribution < -0.4 is 0 Å². The SMILES string of the molecule is Cc1cn(C[C@@H]2CCCN(C(=O)[C@H]3CN(C4c5ccc(Cl)cc5CCc5cc(Br)cnc54)CCN3C(=O)OCC3CC3)C2)cn1. The Kier molecular flexibility index (Phi) is 8.90. The van der Waals surface area contributed by atoms with Crippen molar-refractivity contribution in [1.29, 1.82) is 0 Å². The number of halogens is 2. The van der Waals surface area contributed by atoms with Crippen LogP contribution in [0.3, 0.4) is 0 Å². The Balaban J connectivity index is 1.18. The summed E-state index contributed by atoms with van der Waals surface area (Å²) in [6.07, 6.45) is 11.3. The van der Waals surface area contributed by atoms with E-state index < -0.39 is 6.04 Å². The largest absolute Gasteiger partial charge is 0.449 e. The summed E-state index contributed by atoms with van der Waals surface area (Å²) < 4.78 is 8.84. The molecule has 3 atom stereocenters. The summed E-state index contributed by atoms with van der Waals surface area (Å²) in [6, 6.07) is 7.49. The maximum absolute atomic E-state index is 14.5. The van der Waals surface area contributed by atoms with Gasteiger partial charge in [-0.3, -0.25) is 19.6 Å². The molecule has 1 unspecified atom stereocenters. The van der Waals surface area contributed by atoms with Gasteiger partial charge in [-0.2, -0.15) is 0 Å². The number of amides is 2. The molecule has 0 spiro atoms. The Morgan fingerprint density at radius 1 is 1.02 bits per heavy atom. The number of aryl methyl sites for hydroxylation is 3. The number of rotatable bonds is 6. The molecule has 2 saturated heterocycles. The Bertz CT molecular complexity index is 1520. The summed E-state index contributed by atoms with van der Waals surface area (Å²) in [6.45, 7) is 6.04. The van der Waals surface area contributed by atoms with Crippen LogP contribution in [0.2, 0.25) is 5.02 Å². The first-order valence-corrected chi connectivity index (χ1v) is 17.4. The van der Waals surface area contributed by atoms with Gasteiger partial charge in [-0.05, 0) is 108 Å². The lowest BCUT2D eigenvalue weighted by molar-refractivity contribution is -0.141. The predicted octanol–water partition coefficient (Wildman–Crippen LogP) is 5.66. The molecule has 238 valence electrons. The minimum Gasteiger partial charge on any atom is -0.449 e. The fourth-order valence-corrected chi connectivity index (χ4v) is 7.88. The summed E-state index contributed by atoms with van der Waals surface area (Å²) >= 11 is 10.1. The highest BCUT2D eigenvalue weighted by atomic mass is 79.9. The molecule has 2 amide bonds. The second kappa shape index (κ2) is 13.0. The second-order valence-electron chi connectivity index (χ2n) is 13.2. The zero-order chi connectivity index (χ0) is 31.1. The van der Waals surface area contributed by atoms with Crippen molar-refractivity contribution in [1.82, 2.24) is 29.2 Å². The van der Waals surface area contributed by atoms with E-state index in [-0.39, 0.29) is 18.0 Å². The van der Waals surface area contributed by atoms with Crippen LogP contribution in [0, 0.1) is 18.8 Å². The molecule has 7 rings (SSSR count). The van der Waals surface area contributed by atoms with Gasteiger partial charge < -0.3 is 14.2 Å². The molecule has 45 heavy (non-hydrogen) atoms. The standard InChI is InChI=1S/C34H40BrClN6O3/c1-22-16-39(21-38-22)17-24-3-2-10-41(18-24)33(43)30-19-40(11-12-42(30)34(44)45-20-23-4-5-23)32-29-9-8-28(36)14-25(29)6-7-26-13-27(35)15-37-31(26)32/h8-9,13-16,21,23-24,30,32H,2-7,10-12,17-20H2,1H3/t24-,30+,32?/m0/s1. The first kappa shape index (κ1) is 30.7. The number of carbonyl (C=O) groups excluding carboxylic acids is 2. The van der Waals surface area contributed by atoms with Crippen LogP contribution in [-0.2, 0) is 28.9 Å². The van der Waals surface area contributed by atoms with E-state index in [0.29, 0.717) is 51.2 Å². The van der Waals surface area contributed by atoms with E-state index in [9.17, 15) is 9.59 Å². The van der Waals surface area contributed by atoms with Crippen LogP contribution >= 0.6 is 27.5 Å². The van der Waals surface area contributed by atoms with E-state index >= 15 is 0 Å². The quantitative estimate of drug-likeness (QED) is 0.331. The van der Waals surface area contributed by atoms with Gasteiger partial charge in [-0.25, -0.2) is 9.78 Å². The molecule has 0 N–H and O–H groups in total. The van der Waals surface area contributed by atoms with Gasteiger partial charge in [-0.1, -0.05) is 17.7 Å². The molecule has 2 aliphatic heterocycles. The monoisotopic (exact) mass is 694 g/mol. The zero-order valence-corrected chi connectivity index (χ0v) is 28.0. The molecule has 4 heterocycles. The minimum atomic E-state index is -0.641. The molecule has 3 aromatic rings. The molecule has 0 bridgehead atoms. The van der Waals surface area contributed by atoms with Gasteiger partial charge in [0.15, 0.2) is 0 Å². The van der Waals surface area contributed by atoms with Gasteiger partial charge in [0.05, 0.1) is 30.4 Å². The highest BCUT2D eigenvalue weighted by molar-refractivity contribution is 9.10. The van der Waals surface area contributed by atoms with Gasteiger partial charge in [0, 0.05) is 61.2 Å². The second-order valence-corrected chi connectivity index (χ2v) is 14.5. The molecule has 1 saturated carbocycles. The van der Waals surface area contributed by atoms with Crippen LogP contribution in [0.25, 0.3) is 0 Å². The van der Waals surface area contributed by atoms with Gasteiger partial charge in [0.2, 0.25) is 5.91 Å². The van der Waals surface area contributed by atoms with Crippen LogP contribution in [-0.4, -0.2) is 86.6 Å². The lowest BCUT2D eigenvalue weighted by Crippen LogP contribution is -2.62. The molecule has 2 aliphatic carbocycles. The lowest BCUT2D eigenvalue weighted by atomic mass is 9.94. The van der Waals surface area contributed by atoms with Crippen LogP contribution in [0.5, 0.6) is 0 Å². The summed E-state index contributed by atoms with van der Waals surface area (Å²) in [4.78, 5) is 43.4. The first-order chi connectivity index (χ1) is 21.8. The minimum absolute atomic E-state index is 0.00326. The maximum Gasteiger partial charge on any atom is 0.410 e. The zero-order valence-electron chi connectivity index (χ0n) is 25.7. The molecule has 9 nitrogen and oxygen atoms in total. The Morgan fingerprint density at radius 3 is 2.67 bits per heavy atom. The fourth-order valence-electron chi connectivity index (χ4n) is 7.30. The third-order valence-electron chi connectivity index (χ3n) is 9.79. The number of fused-ring (bicyclic) bond motifs is 2. The van der Waals surface area contributed by atoms with E-state index in [2.05, 4.69) is 54.8 Å². The molecule has 3 fully saturated rings. The average molecular weight is 696 g/mol. The van der Waals surface area contributed by atoms with E-state index in [1.165, 1.54) is 11.1 Å². The normalized spacial score (nSPS) is 23.7.